The van der Waals surface area contributed by atoms with E-state index in [9.17, 15) is 14.8 Å². The van der Waals surface area contributed by atoms with E-state index in [2.05, 4.69) is 0 Å². The SMILES string of the molecule is CC(O)CCCOP(=O)(OCCCC(C)O)Oc1ccccc1. The molecule has 0 aromatic heterocycles. The van der Waals surface area contributed by atoms with Gasteiger partial charge in [0.1, 0.15) is 5.75 Å². The van der Waals surface area contributed by atoms with Gasteiger partial charge >= 0.3 is 7.82 Å². The van der Waals surface area contributed by atoms with E-state index in [1.807, 2.05) is 6.07 Å². The highest BCUT2D eigenvalue weighted by atomic mass is 31.2. The third-order valence-corrected chi connectivity index (χ3v) is 4.42. The molecule has 0 aliphatic rings. The largest absolute Gasteiger partial charge is 0.530 e. The van der Waals surface area contributed by atoms with Gasteiger partial charge in [0.25, 0.3) is 0 Å². The fourth-order valence-electron chi connectivity index (χ4n) is 1.81. The van der Waals surface area contributed by atoms with E-state index in [1.165, 1.54) is 0 Å². The molecule has 0 aliphatic carbocycles. The number of phosphoric acid groups is 1. The van der Waals surface area contributed by atoms with Crippen molar-refractivity contribution in [2.75, 3.05) is 13.2 Å². The van der Waals surface area contributed by atoms with Crippen LogP contribution in [0.3, 0.4) is 0 Å². The van der Waals surface area contributed by atoms with Crippen LogP contribution < -0.4 is 4.52 Å². The molecule has 0 amide bonds. The van der Waals surface area contributed by atoms with Gasteiger partial charge < -0.3 is 14.7 Å². The lowest BCUT2D eigenvalue weighted by Crippen LogP contribution is -2.08. The predicted molar refractivity (Wildman–Crippen MR) is 88.4 cm³/mol. The van der Waals surface area contributed by atoms with E-state index < -0.39 is 20.0 Å². The summed E-state index contributed by atoms with van der Waals surface area (Å²) in [4.78, 5) is 0. The van der Waals surface area contributed by atoms with Crippen LogP contribution in [0.25, 0.3) is 0 Å². The van der Waals surface area contributed by atoms with Crippen LogP contribution in [0.1, 0.15) is 39.5 Å². The lowest BCUT2D eigenvalue weighted by Gasteiger charge is -2.19. The van der Waals surface area contributed by atoms with Crippen molar-refractivity contribution in [2.45, 2.75) is 51.7 Å². The summed E-state index contributed by atoms with van der Waals surface area (Å²) in [6, 6.07) is 8.70. The Morgan fingerprint density at radius 2 is 1.43 bits per heavy atom. The molecule has 2 unspecified atom stereocenters. The first kappa shape index (κ1) is 20.1. The highest BCUT2D eigenvalue weighted by Gasteiger charge is 2.28. The quantitative estimate of drug-likeness (QED) is 0.445. The van der Waals surface area contributed by atoms with Crippen LogP contribution in [-0.4, -0.2) is 35.6 Å². The fraction of sp³-hybridized carbons (Fsp3) is 0.625. The predicted octanol–water partition coefficient (Wildman–Crippen LogP) is 3.53. The molecule has 2 atom stereocenters. The van der Waals surface area contributed by atoms with Gasteiger partial charge in [0.15, 0.2) is 0 Å². The number of rotatable bonds is 12. The number of aliphatic hydroxyl groups is 2. The van der Waals surface area contributed by atoms with Gasteiger partial charge in [-0.3, -0.25) is 9.05 Å². The van der Waals surface area contributed by atoms with Crippen LogP contribution in [0.15, 0.2) is 30.3 Å². The van der Waals surface area contributed by atoms with Crippen molar-refractivity contribution < 1.29 is 28.3 Å². The van der Waals surface area contributed by atoms with Crippen molar-refractivity contribution in [2.24, 2.45) is 0 Å². The van der Waals surface area contributed by atoms with Crippen molar-refractivity contribution in [3.05, 3.63) is 30.3 Å². The van der Waals surface area contributed by atoms with Gasteiger partial charge in [-0.2, -0.15) is 0 Å². The van der Waals surface area contributed by atoms with E-state index in [-0.39, 0.29) is 13.2 Å². The average molecular weight is 346 g/mol. The zero-order valence-electron chi connectivity index (χ0n) is 13.8. The molecular formula is C16H27O6P. The molecule has 7 heteroatoms. The van der Waals surface area contributed by atoms with Crippen molar-refractivity contribution in [1.82, 2.24) is 0 Å². The monoisotopic (exact) mass is 346 g/mol. The molecule has 132 valence electrons. The van der Waals surface area contributed by atoms with Gasteiger partial charge in [-0.05, 0) is 51.7 Å². The van der Waals surface area contributed by atoms with Crippen LogP contribution in [0.5, 0.6) is 5.75 Å². The summed E-state index contributed by atoms with van der Waals surface area (Å²) in [6.07, 6.45) is 1.34. The molecule has 1 aromatic carbocycles. The molecule has 2 N–H and O–H groups in total. The Hall–Kier alpha value is -0.910. The Labute approximate surface area is 138 Å². The molecule has 0 aliphatic heterocycles. The Bertz CT molecular complexity index is 443. The molecule has 1 rings (SSSR count). The van der Waals surface area contributed by atoms with E-state index >= 15 is 0 Å². The van der Waals surface area contributed by atoms with Crippen molar-refractivity contribution in [3.63, 3.8) is 0 Å². The van der Waals surface area contributed by atoms with Gasteiger partial charge in [0, 0.05) is 0 Å². The molecule has 1 aromatic rings. The maximum atomic E-state index is 12.7. The van der Waals surface area contributed by atoms with Gasteiger partial charge in [-0.25, -0.2) is 4.57 Å². The summed E-state index contributed by atoms with van der Waals surface area (Å²) < 4.78 is 28.7. The standard InChI is InChI=1S/C16H27O6P/c1-14(17)8-6-12-20-23(19,21-13-7-9-15(2)18)22-16-10-4-3-5-11-16/h3-5,10-11,14-15,17-18H,6-9,12-13H2,1-2H3. The Kier molecular flexibility index (Phi) is 9.44. The Morgan fingerprint density at radius 1 is 0.957 bits per heavy atom. The van der Waals surface area contributed by atoms with Crippen molar-refractivity contribution >= 4 is 7.82 Å². The minimum atomic E-state index is -3.72. The second-order valence-electron chi connectivity index (χ2n) is 5.50. The van der Waals surface area contributed by atoms with Crippen LogP contribution >= 0.6 is 7.82 Å². The number of aliphatic hydroxyl groups excluding tert-OH is 2. The van der Waals surface area contributed by atoms with Crippen LogP contribution in [0.4, 0.5) is 0 Å². The second-order valence-corrected chi connectivity index (χ2v) is 7.09. The molecular weight excluding hydrogens is 319 g/mol. The smallest absolute Gasteiger partial charge is 0.404 e. The first-order valence-corrected chi connectivity index (χ1v) is 9.37. The van der Waals surface area contributed by atoms with E-state index in [4.69, 9.17) is 13.6 Å². The fourth-order valence-corrected chi connectivity index (χ4v) is 3.08. The van der Waals surface area contributed by atoms with Crippen LogP contribution in [0.2, 0.25) is 0 Å². The van der Waals surface area contributed by atoms with Gasteiger partial charge in [0.05, 0.1) is 25.4 Å². The molecule has 0 radical (unpaired) electrons. The summed E-state index contributed by atoms with van der Waals surface area (Å²) in [7, 11) is -3.72. The summed E-state index contributed by atoms with van der Waals surface area (Å²) in [5.41, 5.74) is 0. The van der Waals surface area contributed by atoms with Crippen molar-refractivity contribution in [3.8, 4) is 5.75 Å². The van der Waals surface area contributed by atoms with Crippen LogP contribution in [-0.2, 0) is 13.6 Å². The highest BCUT2D eigenvalue weighted by molar-refractivity contribution is 7.48. The highest BCUT2D eigenvalue weighted by Crippen LogP contribution is 2.49. The number of para-hydroxylation sites is 1. The zero-order valence-corrected chi connectivity index (χ0v) is 14.7. The molecule has 0 saturated carbocycles. The summed E-state index contributed by atoms with van der Waals surface area (Å²) in [6.45, 7) is 3.72. The molecule has 0 heterocycles. The van der Waals surface area contributed by atoms with Gasteiger partial charge in [-0.15, -0.1) is 0 Å². The summed E-state index contributed by atoms with van der Waals surface area (Å²) >= 11 is 0. The molecule has 6 nitrogen and oxygen atoms in total. The minimum absolute atomic E-state index is 0.172. The maximum absolute atomic E-state index is 12.7. The maximum Gasteiger partial charge on any atom is 0.530 e. The molecule has 0 bridgehead atoms. The first-order valence-electron chi connectivity index (χ1n) is 7.91. The third kappa shape index (κ3) is 9.74. The Balaban J connectivity index is 2.53. The third-order valence-electron chi connectivity index (χ3n) is 2.99. The second kappa shape index (κ2) is 10.8. The number of benzene rings is 1. The average Bonchev–Trinajstić information content (AvgIpc) is 2.49. The number of hydrogen-bond acceptors (Lipinski definition) is 6. The minimum Gasteiger partial charge on any atom is -0.404 e. The Morgan fingerprint density at radius 3 is 1.87 bits per heavy atom. The van der Waals surface area contributed by atoms with Crippen molar-refractivity contribution in [1.29, 1.82) is 0 Å². The lowest BCUT2D eigenvalue weighted by molar-refractivity contribution is 0.127. The topological polar surface area (TPSA) is 85.2 Å². The molecule has 0 spiro atoms. The molecule has 0 saturated heterocycles. The normalized spacial score (nSPS) is 16.5. The molecule has 0 fully saturated rings. The zero-order chi connectivity index (χ0) is 17.1. The van der Waals surface area contributed by atoms with Gasteiger partial charge in [-0.1, -0.05) is 18.2 Å². The van der Waals surface area contributed by atoms with E-state index in [1.54, 1.807) is 38.1 Å². The number of hydrogen-bond donors (Lipinski definition) is 2. The number of phosphoric ester groups is 1. The molecule has 23 heavy (non-hydrogen) atoms. The van der Waals surface area contributed by atoms with E-state index in [0.29, 0.717) is 31.4 Å². The van der Waals surface area contributed by atoms with Gasteiger partial charge in [0.2, 0.25) is 0 Å². The van der Waals surface area contributed by atoms with E-state index in [0.717, 1.165) is 0 Å². The first-order chi connectivity index (χ1) is 10.9. The summed E-state index contributed by atoms with van der Waals surface area (Å²) in [5, 5.41) is 18.5. The van der Waals surface area contributed by atoms with Crippen LogP contribution in [0, 0.1) is 0 Å². The lowest BCUT2D eigenvalue weighted by atomic mass is 10.2. The summed E-state index contributed by atoms with van der Waals surface area (Å²) in [5.74, 6) is 0.405.